The third-order valence-corrected chi connectivity index (χ3v) is 12.2. The van der Waals surface area contributed by atoms with Crippen LogP contribution in [0.2, 0.25) is 0 Å². The smallest absolute Gasteiger partial charge is 0.228 e. The SMILES string of the molecule is CN=[S+]([O-])(C[C@H](Cc1ccccc1)C(=O)N[C@@H]1c2ccccc2C[C@@H]1O)C[C@H](Cc1ccccc1)C(=O)N[C@@H]1c2ccccc2C[C@@H]1O. The molecule has 2 aliphatic rings. The second kappa shape index (κ2) is 15.0. The Morgan fingerprint density at radius 1 is 0.688 bits per heavy atom. The molecule has 4 aromatic rings. The first kappa shape index (κ1) is 33.7. The molecule has 4 aromatic carbocycles. The molecule has 0 aromatic heterocycles. The highest BCUT2D eigenvalue weighted by molar-refractivity contribution is 7.99. The fourth-order valence-electron chi connectivity index (χ4n) is 7.14. The number of hydrogen-bond acceptors (Lipinski definition) is 6. The molecular formula is C39H43N3O5S. The van der Waals surface area contributed by atoms with Crippen molar-refractivity contribution in [2.24, 2.45) is 16.2 Å². The molecule has 2 amide bonds. The maximum absolute atomic E-state index is 14.7. The van der Waals surface area contributed by atoms with E-state index in [0.29, 0.717) is 25.7 Å². The van der Waals surface area contributed by atoms with Crippen molar-refractivity contribution in [2.75, 3.05) is 18.6 Å². The Hall–Kier alpha value is -4.15. The van der Waals surface area contributed by atoms with Crippen molar-refractivity contribution >= 4 is 21.9 Å². The summed E-state index contributed by atoms with van der Waals surface area (Å²) in [7, 11) is -1.60. The largest absolute Gasteiger partial charge is 0.631 e. The summed E-state index contributed by atoms with van der Waals surface area (Å²) in [6.07, 6.45) is 0.0104. The van der Waals surface area contributed by atoms with Gasteiger partial charge in [-0.05, 0) is 46.2 Å². The lowest BCUT2D eigenvalue weighted by atomic mass is 9.98. The molecule has 0 saturated carbocycles. The van der Waals surface area contributed by atoms with Crippen LogP contribution in [-0.4, -0.2) is 57.3 Å². The average Bonchev–Trinajstić information content (AvgIpc) is 3.59. The molecule has 4 N–H and O–H groups in total. The van der Waals surface area contributed by atoms with Crippen molar-refractivity contribution in [1.29, 1.82) is 0 Å². The van der Waals surface area contributed by atoms with Crippen LogP contribution in [0.1, 0.15) is 45.5 Å². The third kappa shape index (κ3) is 7.76. The van der Waals surface area contributed by atoms with E-state index in [4.69, 9.17) is 0 Å². The molecule has 8 nitrogen and oxygen atoms in total. The summed E-state index contributed by atoms with van der Waals surface area (Å²) in [5, 5.41) is 27.9. The van der Waals surface area contributed by atoms with Crippen molar-refractivity contribution in [3.63, 3.8) is 0 Å². The van der Waals surface area contributed by atoms with Gasteiger partial charge in [0.1, 0.15) is 11.5 Å². The molecule has 0 saturated heterocycles. The molecule has 9 heteroatoms. The Labute approximate surface area is 283 Å². The highest BCUT2D eigenvalue weighted by atomic mass is 32.3. The summed E-state index contributed by atoms with van der Waals surface area (Å²) in [4.78, 5) is 28.1. The summed E-state index contributed by atoms with van der Waals surface area (Å²) >= 11 is 0. The number of rotatable bonds is 12. The summed E-state index contributed by atoms with van der Waals surface area (Å²) in [5.74, 6) is -2.19. The van der Waals surface area contributed by atoms with Crippen LogP contribution in [0.4, 0.5) is 0 Å². The first-order chi connectivity index (χ1) is 23.2. The molecule has 6 rings (SSSR count). The van der Waals surface area contributed by atoms with Gasteiger partial charge in [0.25, 0.3) is 0 Å². The normalized spacial score (nSPS) is 21.1. The van der Waals surface area contributed by atoms with E-state index in [-0.39, 0.29) is 23.3 Å². The van der Waals surface area contributed by atoms with Gasteiger partial charge in [-0.25, -0.2) is 0 Å². The van der Waals surface area contributed by atoms with Crippen LogP contribution in [-0.2, 0) is 45.4 Å². The monoisotopic (exact) mass is 665 g/mol. The number of aliphatic hydroxyl groups is 2. The minimum atomic E-state index is -3.09. The predicted molar refractivity (Wildman–Crippen MR) is 188 cm³/mol. The molecule has 2 aliphatic carbocycles. The summed E-state index contributed by atoms with van der Waals surface area (Å²) in [6, 6.07) is 33.4. The Balaban J connectivity index is 1.25. The topological polar surface area (TPSA) is 134 Å². The Morgan fingerprint density at radius 2 is 1.06 bits per heavy atom. The Kier molecular flexibility index (Phi) is 10.5. The summed E-state index contributed by atoms with van der Waals surface area (Å²) in [5.41, 5.74) is 5.57. The first-order valence-corrected chi connectivity index (χ1v) is 18.4. The second-order valence-corrected chi connectivity index (χ2v) is 15.6. The second-order valence-electron chi connectivity index (χ2n) is 13.0. The van der Waals surface area contributed by atoms with E-state index < -0.39 is 46.2 Å². The van der Waals surface area contributed by atoms with Crippen LogP contribution in [0.3, 0.4) is 0 Å². The number of amides is 2. The van der Waals surface area contributed by atoms with Crippen LogP contribution >= 0.6 is 0 Å². The highest BCUT2D eigenvalue weighted by Crippen LogP contribution is 2.33. The minimum absolute atomic E-state index is 0.0534. The molecule has 0 aliphatic heterocycles. The van der Waals surface area contributed by atoms with Crippen molar-refractivity contribution in [3.05, 3.63) is 143 Å². The van der Waals surface area contributed by atoms with Gasteiger partial charge in [-0.1, -0.05) is 119 Å². The number of fused-ring (bicyclic) bond motifs is 2. The van der Waals surface area contributed by atoms with Gasteiger partial charge in [-0.2, -0.15) is 0 Å². The molecule has 0 heterocycles. The lowest BCUT2D eigenvalue weighted by Crippen LogP contribution is -2.45. The molecule has 6 atom stereocenters. The Bertz CT molecular complexity index is 1660. The van der Waals surface area contributed by atoms with E-state index in [1.54, 1.807) is 0 Å². The van der Waals surface area contributed by atoms with Crippen molar-refractivity contribution in [2.45, 2.75) is 50.0 Å². The molecule has 250 valence electrons. The van der Waals surface area contributed by atoms with Crippen molar-refractivity contribution in [1.82, 2.24) is 10.6 Å². The number of carbonyl (C=O) groups is 2. The zero-order valence-electron chi connectivity index (χ0n) is 27.1. The standard InChI is InChI=1S/C39H43N3O5S/c1-40-48(47,24-30(20-26-12-4-2-5-13-26)38(45)41-36-32-18-10-8-16-28(32)22-34(36)43)25-31(21-27-14-6-3-7-15-27)39(46)42-37-33-19-11-9-17-29(33)23-35(37)44/h2-19,30-31,34-37,43-44H,20-25H2,1H3,(H2-,40,41,42,45,46,47)/t30-,31-,34-,35-,36+,37+/m0/s1. The molecule has 0 radical (unpaired) electrons. The van der Waals surface area contributed by atoms with Gasteiger partial charge in [0.15, 0.2) is 0 Å². The maximum Gasteiger partial charge on any atom is 0.228 e. The molecule has 48 heavy (non-hydrogen) atoms. The number of nitrogens with one attached hydrogen (secondary N) is 2. The third-order valence-electron chi connectivity index (χ3n) is 9.65. The highest BCUT2D eigenvalue weighted by Gasteiger charge is 2.38. The minimum Gasteiger partial charge on any atom is -0.631 e. The molecule has 0 bridgehead atoms. The average molecular weight is 666 g/mol. The van der Waals surface area contributed by atoms with Crippen LogP contribution < -0.4 is 10.6 Å². The number of nitrogens with zero attached hydrogens (tertiary/aromatic N) is 1. The maximum atomic E-state index is 14.7. The van der Waals surface area contributed by atoms with Crippen LogP contribution in [0.5, 0.6) is 0 Å². The Morgan fingerprint density at radius 3 is 1.46 bits per heavy atom. The van der Waals surface area contributed by atoms with Gasteiger partial charge in [0, 0.05) is 12.8 Å². The van der Waals surface area contributed by atoms with Gasteiger partial charge in [-0.15, -0.1) is 4.36 Å². The van der Waals surface area contributed by atoms with E-state index in [9.17, 15) is 24.4 Å². The quantitative estimate of drug-likeness (QED) is 0.167. The molecule has 0 unspecified atom stereocenters. The van der Waals surface area contributed by atoms with Gasteiger partial charge in [0.2, 0.25) is 11.8 Å². The van der Waals surface area contributed by atoms with Gasteiger partial charge in [0.05, 0.1) is 43.2 Å². The predicted octanol–water partition coefficient (Wildman–Crippen LogP) is 4.35. The zero-order chi connectivity index (χ0) is 33.7. The van der Waals surface area contributed by atoms with Gasteiger partial charge < -0.3 is 25.4 Å². The van der Waals surface area contributed by atoms with Crippen LogP contribution in [0.15, 0.2) is 114 Å². The van der Waals surface area contributed by atoms with Crippen molar-refractivity contribution in [3.8, 4) is 0 Å². The molecular weight excluding hydrogens is 623 g/mol. The van der Waals surface area contributed by atoms with E-state index in [2.05, 4.69) is 15.0 Å². The number of carbonyl (C=O) groups excluding carboxylic acids is 2. The van der Waals surface area contributed by atoms with E-state index in [1.807, 2.05) is 109 Å². The molecule has 0 spiro atoms. The fraction of sp³-hybridized carbons (Fsp3) is 0.333. The van der Waals surface area contributed by atoms with Crippen LogP contribution in [0, 0.1) is 11.8 Å². The number of hydrogen-bond donors (Lipinski definition) is 4. The van der Waals surface area contributed by atoms with Gasteiger partial charge >= 0.3 is 0 Å². The summed E-state index contributed by atoms with van der Waals surface area (Å²) in [6.45, 7) is 0. The fourth-order valence-corrected chi connectivity index (χ4v) is 9.37. The summed E-state index contributed by atoms with van der Waals surface area (Å²) < 4.78 is 19.1. The van der Waals surface area contributed by atoms with Gasteiger partial charge in [-0.3, -0.25) is 9.59 Å². The first-order valence-electron chi connectivity index (χ1n) is 16.5. The van der Waals surface area contributed by atoms with E-state index >= 15 is 0 Å². The lowest BCUT2D eigenvalue weighted by molar-refractivity contribution is -0.126. The van der Waals surface area contributed by atoms with Crippen LogP contribution in [0.25, 0.3) is 0 Å². The number of aliphatic hydroxyl groups excluding tert-OH is 2. The lowest BCUT2D eigenvalue weighted by Gasteiger charge is -2.31. The van der Waals surface area contributed by atoms with E-state index in [1.165, 1.54) is 7.05 Å². The van der Waals surface area contributed by atoms with Crippen molar-refractivity contribution < 1.29 is 24.4 Å². The molecule has 0 fully saturated rings. The zero-order valence-corrected chi connectivity index (χ0v) is 27.9. The van der Waals surface area contributed by atoms with E-state index in [0.717, 1.165) is 33.4 Å². The number of benzene rings is 4.